The van der Waals surface area contributed by atoms with Gasteiger partial charge in [-0.3, -0.25) is 0 Å². The van der Waals surface area contributed by atoms with Crippen molar-refractivity contribution in [1.82, 2.24) is 0 Å². The van der Waals surface area contributed by atoms with Crippen LogP contribution in [0.1, 0.15) is 550 Å². The first-order valence-electron chi connectivity index (χ1n) is 60.0. The molecule has 2 aliphatic rings. The van der Waals surface area contributed by atoms with Crippen LogP contribution in [0.4, 0.5) is 0 Å². The third kappa shape index (κ3) is 52.4. The Bertz CT molecular complexity index is 3920. The molecule has 0 aliphatic carbocycles. The molecule has 14 nitrogen and oxygen atoms in total. The lowest BCUT2D eigenvalue weighted by Gasteiger charge is -2.35. The van der Waals surface area contributed by atoms with E-state index in [9.17, 15) is 0 Å². The second-order valence-electron chi connectivity index (χ2n) is 43.4. The number of unbranched alkanes of at least 4 members (excludes halogenated alkanes) is 50. The van der Waals surface area contributed by atoms with Crippen molar-refractivity contribution >= 4 is 48.6 Å². The van der Waals surface area contributed by atoms with Crippen LogP contribution in [0.3, 0.4) is 0 Å². The van der Waals surface area contributed by atoms with E-state index in [-0.39, 0.29) is 10.8 Å². The van der Waals surface area contributed by atoms with E-state index in [1.807, 2.05) is 0 Å². The van der Waals surface area contributed by atoms with Crippen molar-refractivity contribution in [2.75, 3.05) is 92.5 Å². The van der Waals surface area contributed by atoms with Crippen LogP contribution in [0.5, 0.6) is 57.5 Å². The van der Waals surface area contributed by atoms with Gasteiger partial charge in [-0.2, -0.15) is 0 Å². The number of hydrogen-bond donors (Lipinski definition) is 0. The quantitative estimate of drug-likeness (QED) is 0.0270. The van der Waals surface area contributed by atoms with Crippen LogP contribution >= 0.6 is 0 Å². The van der Waals surface area contributed by atoms with Gasteiger partial charge in [-0.1, -0.05) is 467 Å². The van der Waals surface area contributed by atoms with Crippen LogP contribution in [-0.4, -0.2) is 92.5 Å². The second kappa shape index (κ2) is 79.0. The van der Waals surface area contributed by atoms with Gasteiger partial charge in [0.2, 0.25) is 0 Å². The van der Waals surface area contributed by atoms with Crippen molar-refractivity contribution in [1.29, 1.82) is 0 Å². The van der Waals surface area contributed by atoms with Crippen LogP contribution in [-0.2, 0) is 18.9 Å². The summed E-state index contributed by atoms with van der Waals surface area (Å²) in [5, 5.41) is 0. The molecule has 7 rings (SSSR count). The Morgan fingerprint density at radius 3 is 0.438 bits per heavy atom. The number of rotatable bonds is 90. The highest BCUT2D eigenvalue weighted by Crippen LogP contribution is 2.45. The minimum absolute atomic E-state index is 0.105. The number of hydrogen-bond acceptors (Lipinski definition) is 14. The van der Waals surface area contributed by atoms with Gasteiger partial charge in [0.05, 0.1) is 104 Å². The molecular formula is C130H210O14. The summed E-state index contributed by atoms with van der Waals surface area (Å²) < 4.78 is 97.3. The average molecular weight is 2000 g/mol. The normalized spacial score (nSPS) is 14.0. The molecule has 0 atom stereocenters. The molecule has 14 heteroatoms. The Balaban J connectivity index is 1.45. The molecule has 5 aromatic carbocycles. The molecular weight excluding hydrogens is 1790 g/mol. The third-order valence-electron chi connectivity index (χ3n) is 28.0. The van der Waals surface area contributed by atoms with Gasteiger partial charge in [0.15, 0.2) is 12.6 Å². The molecule has 0 amide bonds. The monoisotopic (exact) mass is 2000 g/mol. The van der Waals surface area contributed by atoms with E-state index in [1.54, 1.807) is 0 Å². The SMILES string of the molecule is CCCCCCCCOc1cc(/C=C/c2cc(OCCCCCCCC)c(/C=C/c3cc(OCCCCCCCC)c(C4OCC(C)(C)CO4)cc3OCCCCCCCC)cc2OCCCCCCCC)c(OCCCCCCCC)cc1/C=C/c1cc(OCCCCCCCC)c(/C=C/c2cc(OCCCCCCCC)c(C3OCC(C)(C)CO3)cc2OCCCCCCCC)cc1OCCCCCCCC. The summed E-state index contributed by atoms with van der Waals surface area (Å²) in [6, 6.07) is 22.0. The van der Waals surface area contributed by atoms with Gasteiger partial charge >= 0.3 is 0 Å². The molecule has 2 heterocycles. The molecule has 5 aromatic rings. The lowest BCUT2D eigenvalue weighted by molar-refractivity contribution is -0.226. The molecule has 2 aliphatic heterocycles. The minimum Gasteiger partial charge on any atom is -0.493 e. The lowest BCUT2D eigenvalue weighted by atomic mass is 9.95. The van der Waals surface area contributed by atoms with Crippen molar-refractivity contribution in [3.05, 3.63) is 116 Å². The predicted molar refractivity (Wildman–Crippen MR) is 613 cm³/mol. The first-order chi connectivity index (χ1) is 70.6. The zero-order valence-electron chi connectivity index (χ0n) is 94.6. The summed E-state index contributed by atoms with van der Waals surface area (Å²) in [4.78, 5) is 0. The molecule has 0 spiro atoms. The fourth-order valence-corrected chi connectivity index (χ4v) is 18.7. The summed E-state index contributed by atoms with van der Waals surface area (Å²) in [6.07, 6.45) is 86.3. The predicted octanol–water partition coefficient (Wildman–Crippen LogP) is 39.9. The average Bonchev–Trinajstić information content (AvgIpc) is 0.794. The highest BCUT2D eigenvalue weighted by molar-refractivity contribution is 5.85. The van der Waals surface area contributed by atoms with E-state index in [0.29, 0.717) is 92.5 Å². The van der Waals surface area contributed by atoms with E-state index in [2.05, 4.69) is 206 Å². The lowest BCUT2D eigenvalue weighted by Crippen LogP contribution is -2.34. The fourth-order valence-electron chi connectivity index (χ4n) is 18.7. The Morgan fingerprint density at radius 1 is 0.174 bits per heavy atom. The maximum Gasteiger partial charge on any atom is 0.187 e. The van der Waals surface area contributed by atoms with Gasteiger partial charge < -0.3 is 66.3 Å². The van der Waals surface area contributed by atoms with Crippen LogP contribution in [0.25, 0.3) is 48.6 Å². The maximum atomic E-state index is 7.23. The Kier molecular flexibility index (Phi) is 68.0. The van der Waals surface area contributed by atoms with Crippen LogP contribution in [0.15, 0.2) is 60.7 Å². The molecule has 144 heavy (non-hydrogen) atoms. The Hall–Kier alpha value is -7.10. The molecule has 0 unspecified atom stereocenters. The Labute approximate surface area is 881 Å². The molecule has 0 N–H and O–H groups in total. The van der Waals surface area contributed by atoms with Crippen molar-refractivity contribution in [3.8, 4) is 57.5 Å². The minimum atomic E-state index is -0.580. The topological polar surface area (TPSA) is 129 Å². The highest BCUT2D eigenvalue weighted by atomic mass is 16.7. The maximum absolute atomic E-state index is 7.23. The largest absolute Gasteiger partial charge is 0.493 e. The summed E-state index contributed by atoms with van der Waals surface area (Å²) >= 11 is 0. The van der Waals surface area contributed by atoms with E-state index < -0.39 is 12.6 Å². The number of benzene rings is 5. The highest BCUT2D eigenvalue weighted by Gasteiger charge is 2.34. The zero-order valence-corrected chi connectivity index (χ0v) is 94.6. The van der Waals surface area contributed by atoms with Crippen molar-refractivity contribution < 1.29 is 66.3 Å². The third-order valence-corrected chi connectivity index (χ3v) is 28.0. The van der Waals surface area contributed by atoms with Gasteiger partial charge in [-0.25, -0.2) is 0 Å². The molecule has 2 saturated heterocycles. The van der Waals surface area contributed by atoms with E-state index in [1.165, 1.54) is 257 Å². The molecule has 0 aromatic heterocycles. The van der Waals surface area contributed by atoms with Crippen LogP contribution in [0, 0.1) is 10.8 Å². The van der Waals surface area contributed by atoms with Gasteiger partial charge in [0, 0.05) is 55.3 Å². The smallest absolute Gasteiger partial charge is 0.187 e. The van der Waals surface area contributed by atoms with Gasteiger partial charge in [-0.05, 0) is 125 Å². The number of ether oxygens (including phenoxy) is 14. The van der Waals surface area contributed by atoms with Crippen molar-refractivity contribution in [2.45, 2.75) is 495 Å². The second-order valence-corrected chi connectivity index (χ2v) is 43.4. The van der Waals surface area contributed by atoms with Crippen LogP contribution < -0.4 is 47.4 Å². The first kappa shape index (κ1) is 124. The summed E-state index contributed by atoms with van der Waals surface area (Å²) in [6.45, 7) is 39.9. The van der Waals surface area contributed by atoms with Crippen LogP contribution in [0.2, 0.25) is 0 Å². The molecule has 0 radical (unpaired) electrons. The molecule has 0 saturated carbocycles. The first-order valence-corrected chi connectivity index (χ1v) is 60.0. The van der Waals surface area contributed by atoms with E-state index in [4.69, 9.17) is 66.3 Å². The summed E-state index contributed by atoms with van der Waals surface area (Å²) in [5.41, 5.74) is 9.00. The molecule has 2 fully saturated rings. The Morgan fingerprint density at radius 2 is 0.292 bits per heavy atom. The molecule has 0 bridgehead atoms. The zero-order chi connectivity index (χ0) is 103. The van der Waals surface area contributed by atoms with Crippen molar-refractivity contribution in [3.63, 3.8) is 0 Å². The summed E-state index contributed by atoms with van der Waals surface area (Å²) in [7, 11) is 0. The van der Waals surface area contributed by atoms with E-state index in [0.717, 1.165) is 242 Å². The van der Waals surface area contributed by atoms with Gasteiger partial charge in [0.25, 0.3) is 0 Å². The van der Waals surface area contributed by atoms with E-state index >= 15 is 0 Å². The molecule has 814 valence electrons. The fraction of sp³-hybridized carbons (Fsp3) is 0.708. The summed E-state index contributed by atoms with van der Waals surface area (Å²) in [5.74, 6) is 7.90. The standard InChI is InChI=1S/C130H210O14/c1-15-25-35-45-55-65-83-131-117-93-108(76-78-110-96-122(136-88-70-60-50-40-30-20-6)112(98-120(110)134-86-68-58-48-38-28-18-4)80-82-114-100-126(140-92-74-64-54-44-34-24-10)116(128-143-105-130(13,14)106-144-128)102-124(114)138-90-72-62-52-42-32-22-8)118(132-84-66-56-46-36-26-16-2)94-107(117)75-77-109-95-121(135-87-69-59-49-39-29-19-5)111(97-119(109)133-85-67-57-47-37-27-17-3)79-81-113-99-125(139-91-73-63-53-43-33-23-9)115(127-141-103-129(11,12)104-142-127)101-123(113)137-89-71-61-51-41-31-21-7/h75-82,93-102,127-128H,15-74,83-92,103-106H2,1-14H3/b77-75+,78-76+,81-79+,82-80+. The van der Waals surface area contributed by atoms with Crippen molar-refractivity contribution in [2.24, 2.45) is 10.8 Å². The van der Waals surface area contributed by atoms with Gasteiger partial charge in [0.1, 0.15) is 57.5 Å². The van der Waals surface area contributed by atoms with Gasteiger partial charge in [-0.15, -0.1) is 0 Å².